The van der Waals surface area contributed by atoms with E-state index in [1.54, 1.807) is 23.7 Å². The average molecular weight is 344 g/mol. The Morgan fingerprint density at radius 3 is 2.58 bits per heavy atom. The highest BCUT2D eigenvalue weighted by atomic mass is 35.5. The number of rotatable bonds is 3. The van der Waals surface area contributed by atoms with E-state index < -0.39 is 11.4 Å². The summed E-state index contributed by atoms with van der Waals surface area (Å²) < 4.78 is 1.59. The fourth-order valence-corrected chi connectivity index (χ4v) is 3.13. The Bertz CT molecular complexity index is 784. The highest BCUT2D eigenvalue weighted by molar-refractivity contribution is 6.30. The summed E-state index contributed by atoms with van der Waals surface area (Å²) in [7, 11) is 0. The van der Waals surface area contributed by atoms with Crippen molar-refractivity contribution >= 4 is 17.5 Å². The van der Waals surface area contributed by atoms with Crippen LogP contribution >= 0.6 is 11.6 Å². The molecule has 1 saturated carbocycles. The maximum atomic E-state index is 12.5. The Kier molecular flexibility index (Phi) is 4.54. The third-order valence-corrected chi connectivity index (χ3v) is 4.57. The summed E-state index contributed by atoms with van der Waals surface area (Å²) in [5.41, 5.74) is -0.0225. The number of halogens is 1. The lowest BCUT2D eigenvalue weighted by Crippen LogP contribution is -2.48. The number of nitrogens with zero attached hydrogens (tertiary/aromatic N) is 4. The Morgan fingerprint density at radius 2 is 1.96 bits per heavy atom. The van der Waals surface area contributed by atoms with E-state index in [2.05, 4.69) is 21.5 Å². The van der Waals surface area contributed by atoms with Gasteiger partial charge in [-0.05, 0) is 44.0 Å². The predicted molar refractivity (Wildman–Crippen MR) is 90.0 cm³/mol. The van der Waals surface area contributed by atoms with Crippen LogP contribution in [0.5, 0.6) is 0 Å². The van der Waals surface area contributed by atoms with Gasteiger partial charge in [0, 0.05) is 5.02 Å². The number of hydrogen-bond donors (Lipinski definition) is 1. The van der Waals surface area contributed by atoms with E-state index in [0.717, 1.165) is 24.9 Å². The van der Waals surface area contributed by atoms with Crippen LogP contribution in [0.2, 0.25) is 5.02 Å². The maximum Gasteiger partial charge on any atom is 0.292 e. The quantitative estimate of drug-likeness (QED) is 0.927. The molecule has 0 aliphatic heterocycles. The number of aromatic nitrogens is 3. The van der Waals surface area contributed by atoms with E-state index in [4.69, 9.17) is 11.6 Å². The molecule has 0 spiro atoms. The van der Waals surface area contributed by atoms with E-state index in [0.29, 0.717) is 23.7 Å². The van der Waals surface area contributed by atoms with Gasteiger partial charge in [-0.2, -0.15) is 5.26 Å². The monoisotopic (exact) mass is 343 g/mol. The van der Waals surface area contributed by atoms with E-state index in [-0.39, 0.29) is 5.82 Å². The SMILES string of the molecule is Cc1nc(C(=O)NC2(C#N)CCCCC2)nn1-c1ccc(Cl)cc1. The summed E-state index contributed by atoms with van der Waals surface area (Å²) in [4.78, 5) is 16.7. The first-order chi connectivity index (χ1) is 11.5. The molecule has 0 radical (unpaired) electrons. The minimum Gasteiger partial charge on any atom is -0.331 e. The number of amides is 1. The zero-order chi connectivity index (χ0) is 17.2. The topological polar surface area (TPSA) is 83.6 Å². The summed E-state index contributed by atoms with van der Waals surface area (Å²) >= 11 is 5.89. The van der Waals surface area contributed by atoms with Crippen LogP contribution in [0.3, 0.4) is 0 Å². The Hall–Kier alpha value is -2.39. The first-order valence-corrected chi connectivity index (χ1v) is 8.34. The van der Waals surface area contributed by atoms with Crippen LogP contribution in [0.1, 0.15) is 48.5 Å². The van der Waals surface area contributed by atoms with Crippen LogP contribution in [0.15, 0.2) is 24.3 Å². The summed E-state index contributed by atoms with van der Waals surface area (Å²) in [5, 5.41) is 17.2. The van der Waals surface area contributed by atoms with Gasteiger partial charge in [-0.25, -0.2) is 9.67 Å². The smallest absolute Gasteiger partial charge is 0.292 e. The molecule has 1 fully saturated rings. The van der Waals surface area contributed by atoms with Crippen LogP contribution in [0.4, 0.5) is 0 Å². The molecule has 7 heteroatoms. The van der Waals surface area contributed by atoms with Crippen molar-refractivity contribution in [1.82, 2.24) is 20.1 Å². The number of nitriles is 1. The number of carbonyl (C=O) groups excluding carboxylic acids is 1. The molecule has 1 aromatic heterocycles. The van der Waals surface area contributed by atoms with Gasteiger partial charge in [-0.15, -0.1) is 5.10 Å². The van der Waals surface area contributed by atoms with Gasteiger partial charge in [0.1, 0.15) is 11.4 Å². The first-order valence-electron chi connectivity index (χ1n) is 7.96. The van der Waals surface area contributed by atoms with Gasteiger partial charge in [0.25, 0.3) is 5.91 Å². The van der Waals surface area contributed by atoms with Gasteiger partial charge in [-0.1, -0.05) is 30.9 Å². The van der Waals surface area contributed by atoms with Gasteiger partial charge in [0.2, 0.25) is 5.82 Å². The summed E-state index contributed by atoms with van der Waals surface area (Å²) in [6.45, 7) is 1.78. The van der Waals surface area contributed by atoms with Gasteiger partial charge in [0.05, 0.1) is 11.8 Å². The van der Waals surface area contributed by atoms with E-state index in [9.17, 15) is 10.1 Å². The zero-order valence-electron chi connectivity index (χ0n) is 13.4. The molecule has 0 unspecified atom stereocenters. The molecule has 1 heterocycles. The lowest BCUT2D eigenvalue weighted by molar-refractivity contribution is 0.0892. The van der Waals surface area contributed by atoms with Crippen LogP contribution in [-0.4, -0.2) is 26.2 Å². The minimum atomic E-state index is -0.797. The Labute approximate surface area is 145 Å². The number of nitrogens with one attached hydrogen (secondary N) is 1. The molecule has 3 rings (SSSR count). The zero-order valence-corrected chi connectivity index (χ0v) is 14.2. The molecule has 1 aromatic carbocycles. The van der Waals surface area contributed by atoms with Crippen molar-refractivity contribution < 1.29 is 4.79 Å². The standard InChI is InChI=1S/C17H18ClN5O/c1-12-20-15(22-23(12)14-7-5-13(18)6-8-14)16(24)21-17(11-19)9-3-2-4-10-17/h5-8H,2-4,9-10H2,1H3,(H,21,24). The van der Waals surface area contributed by atoms with Crippen LogP contribution in [0, 0.1) is 18.3 Å². The third-order valence-electron chi connectivity index (χ3n) is 4.32. The molecule has 2 aromatic rings. The maximum absolute atomic E-state index is 12.5. The second-order valence-corrected chi connectivity index (χ2v) is 6.52. The van der Waals surface area contributed by atoms with Crippen molar-refractivity contribution in [2.45, 2.75) is 44.6 Å². The highest BCUT2D eigenvalue weighted by Gasteiger charge is 2.34. The molecule has 0 bridgehead atoms. The van der Waals surface area contributed by atoms with Crippen LogP contribution in [0.25, 0.3) is 5.69 Å². The number of hydrogen-bond acceptors (Lipinski definition) is 4. The van der Waals surface area contributed by atoms with Crippen LogP contribution < -0.4 is 5.32 Å². The molecule has 1 N–H and O–H groups in total. The number of benzene rings is 1. The minimum absolute atomic E-state index is 0.0719. The van der Waals surface area contributed by atoms with Crippen molar-refractivity contribution in [1.29, 1.82) is 5.26 Å². The Balaban J connectivity index is 1.82. The molecular weight excluding hydrogens is 326 g/mol. The fourth-order valence-electron chi connectivity index (χ4n) is 3.01. The molecule has 124 valence electrons. The van der Waals surface area contributed by atoms with Gasteiger partial charge >= 0.3 is 0 Å². The average Bonchev–Trinajstić information content (AvgIpc) is 2.98. The second-order valence-electron chi connectivity index (χ2n) is 6.08. The lowest BCUT2D eigenvalue weighted by Gasteiger charge is -2.30. The summed E-state index contributed by atoms with van der Waals surface area (Å²) in [6, 6.07) is 9.40. The van der Waals surface area contributed by atoms with E-state index in [1.807, 2.05) is 12.1 Å². The van der Waals surface area contributed by atoms with Gasteiger partial charge < -0.3 is 5.32 Å². The normalized spacial score (nSPS) is 16.4. The lowest BCUT2D eigenvalue weighted by atomic mass is 9.83. The van der Waals surface area contributed by atoms with Crippen molar-refractivity contribution in [2.24, 2.45) is 0 Å². The fraction of sp³-hybridized carbons (Fsp3) is 0.412. The molecule has 24 heavy (non-hydrogen) atoms. The molecule has 6 nitrogen and oxygen atoms in total. The molecule has 0 atom stereocenters. The third kappa shape index (κ3) is 3.26. The van der Waals surface area contributed by atoms with Crippen LogP contribution in [-0.2, 0) is 0 Å². The second kappa shape index (κ2) is 6.62. The van der Waals surface area contributed by atoms with E-state index >= 15 is 0 Å². The van der Waals surface area contributed by atoms with Crippen molar-refractivity contribution in [3.05, 3.63) is 40.9 Å². The first kappa shape index (κ1) is 16.5. The largest absolute Gasteiger partial charge is 0.331 e. The number of carbonyl (C=O) groups is 1. The predicted octanol–water partition coefficient (Wildman–Crippen LogP) is 3.19. The summed E-state index contributed by atoms with van der Waals surface area (Å²) in [6.07, 6.45) is 4.33. The van der Waals surface area contributed by atoms with Crippen molar-refractivity contribution in [3.63, 3.8) is 0 Å². The number of aryl methyl sites for hydroxylation is 1. The van der Waals surface area contributed by atoms with Crippen molar-refractivity contribution in [2.75, 3.05) is 0 Å². The van der Waals surface area contributed by atoms with Gasteiger partial charge in [0.15, 0.2) is 0 Å². The highest BCUT2D eigenvalue weighted by Crippen LogP contribution is 2.27. The van der Waals surface area contributed by atoms with E-state index in [1.165, 1.54) is 0 Å². The molecule has 1 aliphatic rings. The molecular formula is C17H18ClN5O. The molecule has 1 amide bonds. The molecule has 0 saturated heterocycles. The molecule has 1 aliphatic carbocycles. The van der Waals surface area contributed by atoms with Gasteiger partial charge in [-0.3, -0.25) is 4.79 Å². The Morgan fingerprint density at radius 1 is 1.29 bits per heavy atom. The van der Waals surface area contributed by atoms with Crippen molar-refractivity contribution in [3.8, 4) is 11.8 Å². The summed E-state index contributed by atoms with van der Waals surface area (Å²) in [5.74, 6) is 0.258.